The lowest BCUT2D eigenvalue weighted by molar-refractivity contribution is 0.583. The first kappa shape index (κ1) is 18.2. The van der Waals surface area contributed by atoms with Crippen molar-refractivity contribution in [1.82, 2.24) is 15.0 Å². The molecule has 0 saturated heterocycles. The summed E-state index contributed by atoms with van der Waals surface area (Å²) in [6.07, 6.45) is 1.23. The van der Waals surface area contributed by atoms with Crippen molar-refractivity contribution in [3.8, 4) is 11.3 Å². The van der Waals surface area contributed by atoms with Crippen molar-refractivity contribution in [2.45, 2.75) is 6.92 Å². The average Bonchev–Trinajstić information content (AvgIpc) is 2.51. The topological polar surface area (TPSA) is 55.7 Å². The van der Waals surface area contributed by atoms with Gasteiger partial charge in [-0.15, -0.1) is 0 Å². The molecule has 0 atom stereocenters. The Kier molecular flexibility index (Phi) is 4.56. The molecule has 0 amide bonds. The van der Waals surface area contributed by atoms with E-state index in [0.29, 0.717) is 5.69 Å². The van der Waals surface area contributed by atoms with E-state index in [-0.39, 0.29) is 37.8 Å². The van der Waals surface area contributed by atoms with Crippen LogP contribution in [0.2, 0.25) is 10.0 Å². The second-order valence-electron chi connectivity index (χ2n) is 5.89. The maximum absolute atomic E-state index is 14.5. The first-order chi connectivity index (χ1) is 11.6. The van der Waals surface area contributed by atoms with Gasteiger partial charge in [-0.2, -0.15) is 0 Å². The summed E-state index contributed by atoms with van der Waals surface area (Å²) >= 11 is 12.2. The van der Waals surface area contributed by atoms with E-state index in [0.717, 1.165) is 12.1 Å². The SMILES string of the molecule is Cc1nc2cc(F)c(-c3cnc(P(C)(C)=O)c(F)c3)nc2c(Cl)c1Cl. The normalized spacial score (nSPS) is 12.0. The fourth-order valence-corrected chi connectivity index (χ4v) is 3.70. The molecule has 4 nitrogen and oxygen atoms in total. The number of aromatic nitrogens is 3. The van der Waals surface area contributed by atoms with Gasteiger partial charge in [0.15, 0.2) is 11.6 Å². The Balaban J connectivity index is 2.24. The Morgan fingerprint density at radius 2 is 1.72 bits per heavy atom. The van der Waals surface area contributed by atoms with Crippen molar-refractivity contribution >= 4 is 46.8 Å². The molecule has 9 heteroatoms. The highest BCUT2D eigenvalue weighted by Crippen LogP contribution is 2.36. The Bertz CT molecular complexity index is 1070. The molecule has 0 N–H and O–H groups in total. The molecule has 3 aromatic rings. The van der Waals surface area contributed by atoms with Gasteiger partial charge in [-0.25, -0.2) is 23.7 Å². The minimum atomic E-state index is -2.89. The second kappa shape index (κ2) is 6.27. The van der Waals surface area contributed by atoms with Gasteiger partial charge in [0.2, 0.25) is 0 Å². The van der Waals surface area contributed by atoms with Crippen molar-refractivity contribution in [2.75, 3.05) is 13.3 Å². The third kappa shape index (κ3) is 3.26. The lowest BCUT2D eigenvalue weighted by atomic mass is 10.1. The number of hydrogen-bond acceptors (Lipinski definition) is 4. The molecule has 0 aromatic carbocycles. The molecule has 0 unspecified atom stereocenters. The van der Waals surface area contributed by atoms with Crippen LogP contribution in [0.5, 0.6) is 0 Å². The molecule has 0 saturated carbocycles. The van der Waals surface area contributed by atoms with Gasteiger partial charge < -0.3 is 4.57 Å². The van der Waals surface area contributed by atoms with Gasteiger partial charge in [0.25, 0.3) is 0 Å². The van der Waals surface area contributed by atoms with Crippen molar-refractivity contribution in [3.63, 3.8) is 0 Å². The summed E-state index contributed by atoms with van der Waals surface area (Å²) in [5.41, 5.74) is 0.709. The van der Waals surface area contributed by atoms with Crippen LogP contribution >= 0.6 is 30.3 Å². The highest BCUT2D eigenvalue weighted by molar-refractivity contribution is 7.69. The average molecular weight is 402 g/mol. The third-order valence-corrected chi connectivity index (χ3v) is 5.84. The number of halogens is 4. The van der Waals surface area contributed by atoms with Gasteiger partial charge in [-0.1, -0.05) is 23.2 Å². The van der Waals surface area contributed by atoms with Crippen LogP contribution in [0, 0.1) is 18.6 Å². The summed E-state index contributed by atoms with van der Waals surface area (Å²) in [6.45, 7) is 4.46. The Morgan fingerprint density at radius 3 is 2.32 bits per heavy atom. The summed E-state index contributed by atoms with van der Waals surface area (Å²) in [6, 6.07) is 2.21. The van der Waals surface area contributed by atoms with Crippen molar-refractivity contribution < 1.29 is 13.3 Å². The Morgan fingerprint density at radius 1 is 1.04 bits per heavy atom. The Hall–Kier alpha value is -1.62. The maximum Gasteiger partial charge on any atom is 0.153 e. The minimum absolute atomic E-state index is 0.0989. The molecule has 0 fully saturated rings. The number of pyridine rings is 3. The molecule has 0 aliphatic heterocycles. The second-order valence-corrected chi connectivity index (χ2v) is 9.77. The molecule has 0 aliphatic carbocycles. The van der Waals surface area contributed by atoms with E-state index in [1.165, 1.54) is 19.5 Å². The number of hydrogen-bond donors (Lipinski definition) is 0. The molecule has 0 bridgehead atoms. The lowest BCUT2D eigenvalue weighted by Gasteiger charge is -2.11. The van der Waals surface area contributed by atoms with E-state index in [9.17, 15) is 13.3 Å². The van der Waals surface area contributed by atoms with Crippen molar-refractivity contribution in [3.05, 3.63) is 45.7 Å². The standard InChI is InChI=1S/C16H12Cl2F2N3OP/c1-7-12(17)13(18)15-11(22-7)5-9(19)14(23-15)8-4-10(20)16(21-6-8)25(2,3)24/h4-6H,1-3H3. The fourth-order valence-electron chi connectivity index (χ4n) is 2.38. The minimum Gasteiger partial charge on any atom is -0.318 e. The molecule has 130 valence electrons. The van der Waals surface area contributed by atoms with Gasteiger partial charge in [-0.05, 0) is 26.3 Å². The predicted octanol–water partition coefficient (Wildman–Crippen LogP) is 4.83. The maximum atomic E-state index is 14.5. The van der Waals surface area contributed by atoms with E-state index in [2.05, 4.69) is 15.0 Å². The quantitative estimate of drug-likeness (QED) is 0.576. The summed E-state index contributed by atoms with van der Waals surface area (Å²) in [5.74, 6) is -1.48. The number of fused-ring (bicyclic) bond motifs is 1. The van der Waals surface area contributed by atoms with Gasteiger partial charge in [0.1, 0.15) is 23.8 Å². The smallest absolute Gasteiger partial charge is 0.153 e. The van der Waals surface area contributed by atoms with Crippen LogP contribution in [-0.4, -0.2) is 28.3 Å². The Labute approximate surface area is 152 Å². The molecular weight excluding hydrogens is 390 g/mol. The predicted molar refractivity (Wildman–Crippen MR) is 96.5 cm³/mol. The summed E-state index contributed by atoms with van der Waals surface area (Å²) in [4.78, 5) is 12.2. The van der Waals surface area contributed by atoms with Crippen molar-refractivity contribution in [1.29, 1.82) is 0 Å². The van der Waals surface area contributed by atoms with Gasteiger partial charge in [0, 0.05) is 17.8 Å². The monoisotopic (exact) mass is 401 g/mol. The molecule has 3 heterocycles. The number of nitrogens with zero attached hydrogens (tertiary/aromatic N) is 3. The highest BCUT2D eigenvalue weighted by atomic mass is 35.5. The largest absolute Gasteiger partial charge is 0.318 e. The number of aryl methyl sites for hydroxylation is 1. The molecule has 3 aromatic heterocycles. The van der Waals surface area contributed by atoms with E-state index in [4.69, 9.17) is 23.2 Å². The molecule has 25 heavy (non-hydrogen) atoms. The molecule has 3 rings (SSSR count). The zero-order valence-corrected chi connectivity index (χ0v) is 15.8. The first-order valence-corrected chi connectivity index (χ1v) is 10.5. The van der Waals surface area contributed by atoms with E-state index < -0.39 is 18.8 Å². The van der Waals surface area contributed by atoms with Gasteiger partial charge in [0.05, 0.1) is 21.3 Å². The van der Waals surface area contributed by atoms with Crippen LogP contribution in [-0.2, 0) is 4.57 Å². The molecule has 0 spiro atoms. The van der Waals surface area contributed by atoms with Crippen LogP contribution in [0.25, 0.3) is 22.3 Å². The molecule has 0 radical (unpaired) electrons. The van der Waals surface area contributed by atoms with Gasteiger partial charge in [-0.3, -0.25) is 0 Å². The van der Waals surface area contributed by atoms with Gasteiger partial charge >= 0.3 is 0 Å². The summed E-state index contributed by atoms with van der Waals surface area (Å²) in [5, 5.41) is 0.360. The van der Waals surface area contributed by atoms with E-state index in [1.54, 1.807) is 6.92 Å². The zero-order chi connectivity index (χ0) is 18.5. The molecular formula is C16H12Cl2F2N3OP. The summed E-state index contributed by atoms with van der Waals surface area (Å²) < 4.78 is 40.7. The van der Waals surface area contributed by atoms with Crippen LogP contribution < -0.4 is 5.44 Å². The first-order valence-electron chi connectivity index (χ1n) is 7.13. The highest BCUT2D eigenvalue weighted by Gasteiger charge is 2.21. The third-order valence-electron chi connectivity index (χ3n) is 3.57. The number of rotatable bonds is 2. The van der Waals surface area contributed by atoms with Crippen LogP contribution in [0.4, 0.5) is 8.78 Å². The molecule has 0 aliphatic rings. The van der Waals surface area contributed by atoms with Crippen molar-refractivity contribution in [2.24, 2.45) is 0 Å². The summed E-state index contributed by atoms with van der Waals surface area (Å²) in [7, 11) is -2.89. The van der Waals surface area contributed by atoms with E-state index in [1.807, 2.05) is 0 Å². The van der Waals surface area contributed by atoms with Crippen LogP contribution in [0.3, 0.4) is 0 Å². The van der Waals surface area contributed by atoms with Crippen LogP contribution in [0.1, 0.15) is 5.69 Å². The fraction of sp³-hybridized carbons (Fsp3) is 0.188. The zero-order valence-electron chi connectivity index (χ0n) is 13.4. The van der Waals surface area contributed by atoms with Crippen LogP contribution in [0.15, 0.2) is 18.3 Å². The van der Waals surface area contributed by atoms with E-state index >= 15 is 0 Å². The lowest BCUT2D eigenvalue weighted by Crippen LogP contribution is -2.13.